The van der Waals surface area contributed by atoms with E-state index in [0.717, 1.165) is 0 Å². The number of nitrogens with one attached hydrogen (secondary N) is 1. The number of hydrogen-bond acceptors (Lipinski definition) is 3. The molecule has 3 aliphatic rings. The van der Waals surface area contributed by atoms with Crippen molar-refractivity contribution >= 4 is 17.1 Å². The van der Waals surface area contributed by atoms with E-state index >= 15 is 0 Å². The highest BCUT2D eigenvalue weighted by atomic mass is 15.5. The van der Waals surface area contributed by atoms with Gasteiger partial charge in [-0.05, 0) is 30.5 Å². The molecule has 2 aliphatic heterocycles. The van der Waals surface area contributed by atoms with Gasteiger partial charge in [-0.1, -0.05) is 25.1 Å². The number of aliphatic imine (C=N–C) groups is 1. The van der Waals surface area contributed by atoms with Crippen LogP contribution in [0.5, 0.6) is 0 Å². The molecule has 1 aromatic rings. The van der Waals surface area contributed by atoms with Crippen LogP contribution in [0.15, 0.2) is 41.4 Å². The molecule has 0 aromatic heterocycles. The molecule has 2 heterocycles. The Morgan fingerprint density at radius 3 is 3.18 bits per heavy atom. The Morgan fingerprint density at radius 1 is 1.35 bits per heavy atom. The summed E-state index contributed by atoms with van der Waals surface area (Å²) in [6.45, 7) is 2.27. The maximum atomic E-state index is 4.77. The van der Waals surface area contributed by atoms with Gasteiger partial charge < -0.3 is 10.2 Å². The number of allylic oxidation sites excluding steroid dienone is 1. The van der Waals surface area contributed by atoms with Crippen molar-refractivity contribution in [3.05, 3.63) is 36.4 Å². The average Bonchev–Trinajstić information content (AvgIpc) is 2.84. The summed E-state index contributed by atoms with van der Waals surface area (Å²) >= 11 is 0. The molecule has 0 saturated carbocycles. The van der Waals surface area contributed by atoms with Gasteiger partial charge in [0.15, 0.2) is 6.29 Å². The van der Waals surface area contributed by atoms with Gasteiger partial charge in [-0.25, -0.2) is 4.99 Å². The highest BCUT2D eigenvalue weighted by Gasteiger charge is 2.41. The lowest BCUT2D eigenvalue weighted by Gasteiger charge is -2.29. The van der Waals surface area contributed by atoms with Gasteiger partial charge in [0.25, 0.3) is 0 Å². The van der Waals surface area contributed by atoms with E-state index < -0.39 is 0 Å². The van der Waals surface area contributed by atoms with Gasteiger partial charge in [0.2, 0.25) is 0 Å². The molecule has 0 saturated heterocycles. The van der Waals surface area contributed by atoms with Gasteiger partial charge in [0.1, 0.15) is 0 Å². The predicted molar refractivity (Wildman–Crippen MR) is 70.5 cm³/mol. The summed E-state index contributed by atoms with van der Waals surface area (Å²) in [5.41, 5.74) is 3.74. The number of hydrogen-bond donors (Lipinski definition) is 1. The zero-order chi connectivity index (χ0) is 11.4. The van der Waals surface area contributed by atoms with Crippen LogP contribution in [-0.4, -0.2) is 18.0 Å². The lowest BCUT2D eigenvalue weighted by molar-refractivity contribution is 0.569. The fraction of sp³-hybridized carbons (Fsp3) is 0.357. The normalized spacial score (nSPS) is 32.6. The Morgan fingerprint density at radius 2 is 2.24 bits per heavy atom. The third-order valence-electron chi connectivity index (χ3n) is 3.87. The first kappa shape index (κ1) is 9.28. The number of anilines is 2. The molecule has 4 rings (SSSR count). The maximum Gasteiger partial charge on any atom is 0.197 e. The number of para-hydroxylation sites is 2. The van der Waals surface area contributed by atoms with Gasteiger partial charge in [0.05, 0.1) is 23.1 Å². The molecular formula is C14H15N3. The highest BCUT2D eigenvalue weighted by Crippen LogP contribution is 2.41. The molecule has 0 spiro atoms. The van der Waals surface area contributed by atoms with Crippen molar-refractivity contribution in [2.45, 2.75) is 25.7 Å². The second-order valence-corrected chi connectivity index (χ2v) is 5.08. The van der Waals surface area contributed by atoms with E-state index in [9.17, 15) is 0 Å². The Bertz CT molecular complexity index is 532. The first-order valence-electron chi connectivity index (χ1n) is 6.23. The molecule has 3 nitrogen and oxygen atoms in total. The van der Waals surface area contributed by atoms with Crippen molar-refractivity contribution in [3.8, 4) is 0 Å². The van der Waals surface area contributed by atoms with Crippen LogP contribution in [-0.2, 0) is 0 Å². The van der Waals surface area contributed by atoms with Gasteiger partial charge in [-0.15, -0.1) is 0 Å². The van der Waals surface area contributed by atoms with Crippen LogP contribution in [0.25, 0.3) is 0 Å². The van der Waals surface area contributed by atoms with Crippen molar-refractivity contribution in [2.75, 3.05) is 10.2 Å². The van der Waals surface area contributed by atoms with Crippen molar-refractivity contribution in [2.24, 2.45) is 10.9 Å². The lowest BCUT2D eigenvalue weighted by Crippen LogP contribution is -2.41. The minimum absolute atomic E-state index is 0.113. The molecular weight excluding hydrogens is 210 g/mol. The van der Waals surface area contributed by atoms with E-state index in [2.05, 4.69) is 53.6 Å². The summed E-state index contributed by atoms with van der Waals surface area (Å²) in [7, 11) is 0. The Kier molecular flexibility index (Phi) is 1.71. The molecule has 0 radical (unpaired) electrons. The first-order valence-corrected chi connectivity index (χ1v) is 6.23. The summed E-state index contributed by atoms with van der Waals surface area (Å²) in [5, 5.41) is 3.47. The fourth-order valence-corrected chi connectivity index (χ4v) is 3.05. The van der Waals surface area contributed by atoms with E-state index in [1.54, 1.807) is 0 Å². The molecule has 3 heteroatoms. The van der Waals surface area contributed by atoms with Crippen LogP contribution in [0.1, 0.15) is 13.3 Å². The van der Waals surface area contributed by atoms with E-state index in [1.165, 1.54) is 23.5 Å². The molecule has 86 valence electrons. The second-order valence-electron chi connectivity index (χ2n) is 5.08. The van der Waals surface area contributed by atoms with E-state index in [0.29, 0.717) is 12.0 Å². The van der Waals surface area contributed by atoms with Gasteiger partial charge in [-0.3, -0.25) is 0 Å². The highest BCUT2D eigenvalue weighted by molar-refractivity contribution is 6.05. The summed E-state index contributed by atoms with van der Waals surface area (Å²) in [4.78, 5) is 7.19. The first-order chi connectivity index (χ1) is 8.33. The zero-order valence-electron chi connectivity index (χ0n) is 9.80. The maximum absolute atomic E-state index is 4.77. The van der Waals surface area contributed by atoms with Gasteiger partial charge in [0, 0.05) is 0 Å². The van der Waals surface area contributed by atoms with Crippen LogP contribution in [0.4, 0.5) is 11.4 Å². The molecule has 1 aliphatic carbocycles. The Balaban J connectivity index is 1.79. The molecule has 0 fully saturated rings. The minimum atomic E-state index is 0.113. The summed E-state index contributed by atoms with van der Waals surface area (Å²) < 4.78 is 0. The average molecular weight is 225 g/mol. The van der Waals surface area contributed by atoms with E-state index in [4.69, 9.17) is 4.99 Å². The quantitative estimate of drug-likeness (QED) is 0.735. The van der Waals surface area contributed by atoms with Crippen LogP contribution in [0, 0.1) is 5.92 Å². The van der Waals surface area contributed by atoms with Crippen LogP contribution in [0.3, 0.4) is 0 Å². The third-order valence-corrected chi connectivity index (χ3v) is 3.87. The van der Waals surface area contributed by atoms with Crippen LogP contribution >= 0.6 is 0 Å². The monoisotopic (exact) mass is 225 g/mol. The third kappa shape index (κ3) is 1.19. The van der Waals surface area contributed by atoms with E-state index in [-0.39, 0.29) is 6.29 Å². The largest absolute Gasteiger partial charge is 0.345 e. The molecule has 3 atom stereocenters. The molecule has 0 amide bonds. The number of fused-ring (bicyclic) bond motifs is 5. The lowest BCUT2D eigenvalue weighted by atomic mass is 9.91. The van der Waals surface area contributed by atoms with E-state index in [1.807, 2.05) is 0 Å². The van der Waals surface area contributed by atoms with Crippen LogP contribution < -0.4 is 10.2 Å². The van der Waals surface area contributed by atoms with Crippen molar-refractivity contribution < 1.29 is 0 Å². The molecule has 17 heavy (non-hydrogen) atoms. The topological polar surface area (TPSA) is 27.6 Å². The van der Waals surface area contributed by atoms with Crippen molar-refractivity contribution in [1.29, 1.82) is 0 Å². The number of rotatable bonds is 0. The Hall–Kier alpha value is -1.77. The molecule has 0 bridgehead atoms. The van der Waals surface area contributed by atoms with Crippen LogP contribution in [0.2, 0.25) is 0 Å². The van der Waals surface area contributed by atoms with Crippen molar-refractivity contribution in [1.82, 2.24) is 0 Å². The molecule has 1 aromatic carbocycles. The van der Waals surface area contributed by atoms with Crippen molar-refractivity contribution in [3.63, 3.8) is 0 Å². The zero-order valence-corrected chi connectivity index (χ0v) is 9.80. The van der Waals surface area contributed by atoms with Gasteiger partial charge in [-0.2, -0.15) is 0 Å². The second kappa shape index (κ2) is 3.13. The predicted octanol–water partition coefficient (Wildman–Crippen LogP) is 2.62. The van der Waals surface area contributed by atoms with Gasteiger partial charge >= 0.3 is 0 Å². The SMILES string of the molecule is CC1C=CC2=NC3Nc4ccccc4N3C2C1. The minimum Gasteiger partial charge on any atom is -0.345 e. The summed E-state index contributed by atoms with van der Waals surface area (Å²) in [6.07, 6.45) is 5.74. The number of nitrogens with zero attached hydrogens (tertiary/aromatic N) is 2. The summed E-state index contributed by atoms with van der Waals surface area (Å²) in [6, 6.07) is 8.94. The standard InChI is InChI=1S/C14H15N3/c1-9-6-7-11-13(8-9)17-12-5-3-2-4-10(12)15-14(17)16-11/h2-7,9,13-15H,8H2,1H3. The number of benzene rings is 1. The summed E-state index contributed by atoms with van der Waals surface area (Å²) in [5.74, 6) is 0.644. The molecule has 3 unspecified atom stereocenters. The molecule has 1 N–H and O–H groups in total. The Labute approximate surface area is 101 Å². The fourth-order valence-electron chi connectivity index (χ4n) is 3.05. The smallest absolute Gasteiger partial charge is 0.197 e.